The highest BCUT2D eigenvalue weighted by Crippen LogP contribution is 2.24. The molecule has 0 aromatic heterocycles. The molecule has 0 spiro atoms. The molecule has 156 valence electrons. The molecule has 2 aromatic carbocycles. The second-order valence-electron chi connectivity index (χ2n) is 7.38. The number of nitriles is 1. The minimum absolute atomic E-state index is 0.0136. The Kier molecular flexibility index (Phi) is 5.83. The molecule has 0 aliphatic carbocycles. The zero-order chi connectivity index (χ0) is 21.1. The Morgan fingerprint density at radius 2 is 1.63 bits per heavy atom. The average Bonchev–Trinajstić information content (AvgIpc) is 3.29. The van der Waals surface area contributed by atoms with Gasteiger partial charge in [-0.25, -0.2) is 19.3 Å². The van der Waals surface area contributed by atoms with Gasteiger partial charge in [0.1, 0.15) is 12.1 Å². The van der Waals surface area contributed by atoms with Gasteiger partial charge in [-0.3, -0.25) is 4.79 Å². The molecular formula is C21H23N5O3S. The summed E-state index contributed by atoms with van der Waals surface area (Å²) in [7, 11) is -3.77. The second-order valence-corrected chi connectivity index (χ2v) is 9.28. The highest BCUT2D eigenvalue weighted by Gasteiger charge is 2.36. The molecule has 0 radical (unpaired) electrons. The first-order valence-electron chi connectivity index (χ1n) is 9.85. The number of piperazine rings is 1. The maximum atomic E-state index is 12.9. The number of rotatable bonds is 4. The first-order valence-corrected chi connectivity index (χ1v) is 11.3. The van der Waals surface area contributed by atoms with E-state index in [2.05, 4.69) is 10.9 Å². The molecule has 2 fully saturated rings. The molecule has 2 N–H and O–H groups in total. The van der Waals surface area contributed by atoms with Crippen LogP contribution in [0.15, 0.2) is 59.5 Å². The lowest BCUT2D eigenvalue weighted by molar-refractivity contribution is -0.134. The van der Waals surface area contributed by atoms with Gasteiger partial charge in [0, 0.05) is 32.2 Å². The summed E-state index contributed by atoms with van der Waals surface area (Å²) in [4.78, 5) is 14.6. The Morgan fingerprint density at radius 3 is 2.33 bits per heavy atom. The van der Waals surface area contributed by atoms with Crippen molar-refractivity contribution in [3.8, 4) is 6.07 Å². The van der Waals surface area contributed by atoms with Gasteiger partial charge < -0.3 is 4.90 Å². The number of hydrogen-bond donors (Lipinski definition) is 2. The van der Waals surface area contributed by atoms with Crippen molar-refractivity contribution in [2.75, 3.05) is 26.2 Å². The molecule has 2 aromatic rings. The maximum absolute atomic E-state index is 12.9. The molecule has 30 heavy (non-hydrogen) atoms. The molecule has 8 nitrogen and oxygen atoms in total. The zero-order valence-electron chi connectivity index (χ0n) is 16.4. The van der Waals surface area contributed by atoms with Crippen LogP contribution < -0.4 is 10.9 Å². The van der Waals surface area contributed by atoms with Crippen LogP contribution >= 0.6 is 0 Å². The van der Waals surface area contributed by atoms with Crippen molar-refractivity contribution in [1.29, 1.82) is 5.26 Å². The fourth-order valence-electron chi connectivity index (χ4n) is 3.91. The first-order chi connectivity index (χ1) is 14.5. The summed E-state index contributed by atoms with van der Waals surface area (Å²) < 4.78 is 27.2. The molecule has 0 bridgehead atoms. The Morgan fingerprint density at radius 1 is 0.967 bits per heavy atom. The predicted molar refractivity (Wildman–Crippen MR) is 110 cm³/mol. The van der Waals surface area contributed by atoms with Crippen LogP contribution in [-0.4, -0.2) is 55.8 Å². The lowest BCUT2D eigenvalue weighted by atomic mass is 10.0. The molecular weight excluding hydrogens is 402 g/mol. The summed E-state index contributed by atoms with van der Waals surface area (Å²) in [5.41, 5.74) is 7.50. The van der Waals surface area contributed by atoms with E-state index in [1.807, 2.05) is 36.4 Å². The van der Waals surface area contributed by atoms with Crippen LogP contribution in [0.2, 0.25) is 0 Å². The van der Waals surface area contributed by atoms with Crippen LogP contribution in [0.5, 0.6) is 0 Å². The van der Waals surface area contributed by atoms with Gasteiger partial charge in [-0.1, -0.05) is 42.5 Å². The third kappa shape index (κ3) is 3.95. The molecule has 2 unspecified atom stereocenters. The highest BCUT2D eigenvalue weighted by molar-refractivity contribution is 7.89. The zero-order valence-corrected chi connectivity index (χ0v) is 17.2. The SMILES string of the molecule is N#Cc1ccccc1S(=O)(=O)N1CCN(C(=O)C2CC(c3ccccc3)NN2)CC1. The normalized spacial score (nSPS) is 22.6. The minimum atomic E-state index is -3.77. The van der Waals surface area contributed by atoms with Crippen LogP contribution in [0.3, 0.4) is 0 Å². The summed E-state index contributed by atoms with van der Waals surface area (Å²) in [5.74, 6) is -0.0320. The largest absolute Gasteiger partial charge is 0.339 e. The Bertz CT molecular complexity index is 1060. The molecule has 1 amide bonds. The third-order valence-corrected chi connectivity index (χ3v) is 7.54. The van der Waals surface area contributed by atoms with E-state index in [1.165, 1.54) is 16.4 Å². The van der Waals surface area contributed by atoms with Crippen molar-refractivity contribution < 1.29 is 13.2 Å². The fourth-order valence-corrected chi connectivity index (χ4v) is 5.48. The predicted octanol–water partition coefficient (Wildman–Crippen LogP) is 0.999. The van der Waals surface area contributed by atoms with E-state index in [-0.39, 0.29) is 41.5 Å². The van der Waals surface area contributed by atoms with Crippen molar-refractivity contribution in [1.82, 2.24) is 20.1 Å². The Hall–Kier alpha value is -2.77. The average molecular weight is 426 g/mol. The van der Waals surface area contributed by atoms with Crippen LogP contribution in [0.4, 0.5) is 0 Å². The van der Waals surface area contributed by atoms with Gasteiger partial charge >= 0.3 is 0 Å². The van der Waals surface area contributed by atoms with E-state index in [0.717, 1.165) is 5.56 Å². The quantitative estimate of drug-likeness (QED) is 0.757. The monoisotopic (exact) mass is 425 g/mol. The molecule has 2 atom stereocenters. The summed E-state index contributed by atoms with van der Waals surface area (Å²) in [6, 6.07) is 17.8. The molecule has 2 saturated heterocycles. The van der Waals surface area contributed by atoms with E-state index < -0.39 is 10.0 Å². The van der Waals surface area contributed by atoms with Gasteiger partial charge in [-0.15, -0.1) is 0 Å². The smallest absolute Gasteiger partial charge is 0.244 e. The van der Waals surface area contributed by atoms with E-state index in [0.29, 0.717) is 19.5 Å². The van der Waals surface area contributed by atoms with Gasteiger partial charge in [-0.2, -0.15) is 9.57 Å². The van der Waals surface area contributed by atoms with Gasteiger partial charge in [0.25, 0.3) is 0 Å². The highest BCUT2D eigenvalue weighted by atomic mass is 32.2. The van der Waals surface area contributed by atoms with Crippen LogP contribution in [0, 0.1) is 11.3 Å². The summed E-state index contributed by atoms with van der Waals surface area (Å²) in [6.07, 6.45) is 0.636. The molecule has 2 aliphatic heterocycles. The summed E-state index contributed by atoms with van der Waals surface area (Å²) in [6.45, 7) is 1.05. The van der Waals surface area contributed by atoms with Crippen molar-refractivity contribution in [2.24, 2.45) is 0 Å². The standard InChI is InChI=1S/C21H23N5O3S/c22-15-17-8-4-5-9-20(17)30(28,29)26-12-10-25(11-13-26)21(27)19-14-18(23-24-19)16-6-2-1-3-7-16/h1-9,18-19,23-24H,10-14H2. The Balaban J connectivity index is 1.38. The number of hydrazine groups is 1. The fraction of sp³-hybridized carbons (Fsp3) is 0.333. The Labute approximate surface area is 176 Å². The van der Waals surface area contributed by atoms with E-state index in [9.17, 15) is 18.5 Å². The number of hydrogen-bond acceptors (Lipinski definition) is 6. The van der Waals surface area contributed by atoms with Gasteiger partial charge in [-0.05, 0) is 24.1 Å². The van der Waals surface area contributed by atoms with Gasteiger partial charge in [0.15, 0.2) is 0 Å². The van der Waals surface area contributed by atoms with Crippen molar-refractivity contribution in [3.05, 3.63) is 65.7 Å². The topological polar surface area (TPSA) is 106 Å². The minimum Gasteiger partial charge on any atom is -0.339 e. The summed E-state index contributed by atoms with van der Waals surface area (Å²) in [5, 5.41) is 9.22. The number of amides is 1. The van der Waals surface area contributed by atoms with Crippen LogP contribution in [0.25, 0.3) is 0 Å². The maximum Gasteiger partial charge on any atom is 0.244 e. The molecule has 4 rings (SSSR count). The first kappa shape index (κ1) is 20.5. The molecule has 9 heteroatoms. The number of nitrogens with zero attached hydrogens (tertiary/aromatic N) is 3. The van der Waals surface area contributed by atoms with E-state index in [4.69, 9.17) is 0 Å². The molecule has 2 aliphatic rings. The van der Waals surface area contributed by atoms with Gasteiger partial charge in [0.2, 0.25) is 15.9 Å². The lowest BCUT2D eigenvalue weighted by Gasteiger charge is -2.35. The number of carbonyl (C=O) groups excluding carboxylic acids is 1. The van der Waals surface area contributed by atoms with Crippen molar-refractivity contribution in [2.45, 2.75) is 23.4 Å². The van der Waals surface area contributed by atoms with E-state index >= 15 is 0 Å². The lowest BCUT2D eigenvalue weighted by Crippen LogP contribution is -2.54. The molecule has 2 heterocycles. The van der Waals surface area contributed by atoms with Crippen molar-refractivity contribution in [3.63, 3.8) is 0 Å². The number of benzene rings is 2. The second kappa shape index (κ2) is 8.53. The third-order valence-electron chi connectivity index (χ3n) is 5.58. The number of carbonyl (C=O) groups is 1. The van der Waals surface area contributed by atoms with Crippen molar-refractivity contribution >= 4 is 15.9 Å². The molecule has 0 saturated carbocycles. The number of sulfonamides is 1. The summed E-state index contributed by atoms with van der Waals surface area (Å²) >= 11 is 0. The van der Waals surface area contributed by atoms with E-state index in [1.54, 1.807) is 17.0 Å². The van der Waals surface area contributed by atoms with Crippen LogP contribution in [0.1, 0.15) is 23.6 Å². The number of nitrogens with one attached hydrogen (secondary N) is 2. The van der Waals surface area contributed by atoms with Crippen LogP contribution in [-0.2, 0) is 14.8 Å². The van der Waals surface area contributed by atoms with Gasteiger partial charge in [0.05, 0.1) is 10.5 Å².